The van der Waals surface area contributed by atoms with E-state index in [1.54, 1.807) is 0 Å². The number of unbranched alkanes of at least 4 members (excludes halogenated alkanes) is 5. The van der Waals surface area contributed by atoms with Crippen molar-refractivity contribution in [3.8, 4) is 0 Å². The molecule has 0 atom stereocenters. The quantitative estimate of drug-likeness (QED) is 0.403. The highest BCUT2D eigenvalue weighted by atomic mass is 15.3. The molecule has 1 aliphatic rings. The van der Waals surface area contributed by atoms with E-state index in [2.05, 4.69) is 22.1 Å². The first-order chi connectivity index (χ1) is 8.34. The molecule has 1 heterocycles. The van der Waals surface area contributed by atoms with E-state index in [1.807, 2.05) is 0 Å². The Morgan fingerprint density at radius 3 is 2.47 bits per heavy atom. The van der Waals surface area contributed by atoms with E-state index < -0.39 is 0 Å². The van der Waals surface area contributed by atoms with Crippen LogP contribution in [0.15, 0.2) is 4.99 Å². The first kappa shape index (κ1) is 14.3. The zero-order valence-corrected chi connectivity index (χ0v) is 11.2. The van der Waals surface area contributed by atoms with Crippen molar-refractivity contribution in [1.82, 2.24) is 10.2 Å². The van der Waals surface area contributed by atoms with Gasteiger partial charge < -0.3 is 16.0 Å². The Kier molecular flexibility index (Phi) is 7.80. The maximum atomic E-state index is 5.96. The van der Waals surface area contributed by atoms with Crippen molar-refractivity contribution in [2.75, 3.05) is 32.7 Å². The topological polar surface area (TPSA) is 53.6 Å². The zero-order valence-electron chi connectivity index (χ0n) is 11.2. The average Bonchev–Trinajstić information content (AvgIpc) is 2.38. The Morgan fingerprint density at radius 1 is 1.12 bits per heavy atom. The number of nitrogens with one attached hydrogen (secondary N) is 1. The predicted molar refractivity (Wildman–Crippen MR) is 74.3 cm³/mol. The Hall–Kier alpha value is -0.770. The average molecular weight is 240 g/mol. The molecule has 1 aliphatic heterocycles. The number of aliphatic imine (C=N–C) groups is 1. The minimum atomic E-state index is 0.736. The molecule has 1 rings (SSSR count). The van der Waals surface area contributed by atoms with Gasteiger partial charge in [0.2, 0.25) is 0 Å². The van der Waals surface area contributed by atoms with Gasteiger partial charge in [0.1, 0.15) is 0 Å². The molecule has 0 saturated carbocycles. The van der Waals surface area contributed by atoms with Crippen molar-refractivity contribution in [1.29, 1.82) is 0 Å². The van der Waals surface area contributed by atoms with Gasteiger partial charge in [0, 0.05) is 32.7 Å². The van der Waals surface area contributed by atoms with Crippen LogP contribution in [0.25, 0.3) is 0 Å². The SMILES string of the molecule is CCCCCCCCN=C(N)N1CCNCC1. The van der Waals surface area contributed by atoms with Gasteiger partial charge >= 0.3 is 0 Å². The number of piperazine rings is 1. The second-order valence-electron chi connectivity index (χ2n) is 4.74. The molecular weight excluding hydrogens is 212 g/mol. The molecule has 0 aromatic heterocycles. The van der Waals surface area contributed by atoms with Crippen LogP contribution in [0.5, 0.6) is 0 Å². The first-order valence-corrected chi connectivity index (χ1v) is 7.10. The van der Waals surface area contributed by atoms with Gasteiger partial charge in [-0.3, -0.25) is 4.99 Å². The van der Waals surface area contributed by atoms with Crippen molar-refractivity contribution in [3.63, 3.8) is 0 Å². The van der Waals surface area contributed by atoms with Crippen LogP contribution in [0.3, 0.4) is 0 Å². The number of hydrogen-bond donors (Lipinski definition) is 2. The van der Waals surface area contributed by atoms with Gasteiger partial charge in [-0.25, -0.2) is 0 Å². The number of rotatable bonds is 7. The minimum absolute atomic E-state index is 0.736. The highest BCUT2D eigenvalue weighted by Crippen LogP contribution is 2.05. The summed E-state index contributed by atoms with van der Waals surface area (Å²) in [7, 11) is 0. The lowest BCUT2D eigenvalue weighted by Crippen LogP contribution is -2.49. The lowest BCUT2D eigenvalue weighted by molar-refractivity contribution is 0.353. The van der Waals surface area contributed by atoms with Crippen LogP contribution in [-0.4, -0.2) is 43.6 Å². The molecule has 4 nitrogen and oxygen atoms in total. The lowest BCUT2D eigenvalue weighted by Gasteiger charge is -2.28. The van der Waals surface area contributed by atoms with Crippen molar-refractivity contribution >= 4 is 5.96 Å². The number of guanidine groups is 1. The molecule has 0 radical (unpaired) electrons. The van der Waals surface area contributed by atoms with E-state index in [0.717, 1.165) is 38.7 Å². The van der Waals surface area contributed by atoms with E-state index in [1.165, 1.54) is 38.5 Å². The Bertz CT molecular complexity index is 209. The van der Waals surface area contributed by atoms with Gasteiger partial charge in [-0.1, -0.05) is 39.0 Å². The molecule has 0 aliphatic carbocycles. The molecule has 0 amide bonds. The molecule has 0 aromatic carbocycles. The summed E-state index contributed by atoms with van der Waals surface area (Å²) in [4.78, 5) is 6.63. The normalized spacial score (nSPS) is 17.5. The number of nitrogens with two attached hydrogens (primary N) is 1. The smallest absolute Gasteiger partial charge is 0.191 e. The van der Waals surface area contributed by atoms with Gasteiger partial charge in [0.05, 0.1) is 0 Å². The van der Waals surface area contributed by atoms with Crippen LogP contribution in [-0.2, 0) is 0 Å². The van der Waals surface area contributed by atoms with Gasteiger partial charge in [-0.2, -0.15) is 0 Å². The zero-order chi connectivity index (χ0) is 12.3. The molecule has 100 valence electrons. The van der Waals surface area contributed by atoms with E-state index in [4.69, 9.17) is 5.73 Å². The lowest BCUT2D eigenvalue weighted by atomic mass is 10.1. The fourth-order valence-corrected chi connectivity index (χ4v) is 2.08. The second kappa shape index (κ2) is 9.28. The van der Waals surface area contributed by atoms with Crippen LogP contribution in [0, 0.1) is 0 Å². The summed E-state index contributed by atoms with van der Waals surface area (Å²) < 4.78 is 0. The van der Waals surface area contributed by atoms with Gasteiger partial charge in [-0.05, 0) is 6.42 Å². The largest absolute Gasteiger partial charge is 0.370 e. The van der Waals surface area contributed by atoms with Crippen molar-refractivity contribution in [3.05, 3.63) is 0 Å². The summed E-state index contributed by atoms with van der Waals surface area (Å²) in [5.41, 5.74) is 5.96. The highest BCUT2D eigenvalue weighted by molar-refractivity contribution is 5.78. The van der Waals surface area contributed by atoms with Crippen molar-refractivity contribution in [2.45, 2.75) is 45.4 Å². The van der Waals surface area contributed by atoms with E-state index in [-0.39, 0.29) is 0 Å². The van der Waals surface area contributed by atoms with Crippen LogP contribution in [0.4, 0.5) is 0 Å². The van der Waals surface area contributed by atoms with Gasteiger partial charge in [-0.15, -0.1) is 0 Å². The highest BCUT2D eigenvalue weighted by Gasteiger charge is 2.10. The second-order valence-corrected chi connectivity index (χ2v) is 4.74. The molecule has 0 spiro atoms. The van der Waals surface area contributed by atoms with Crippen molar-refractivity contribution < 1.29 is 0 Å². The third kappa shape index (κ3) is 6.51. The molecule has 0 bridgehead atoms. The Labute approximate surface area is 106 Å². The number of hydrogen-bond acceptors (Lipinski definition) is 2. The molecule has 0 unspecified atom stereocenters. The molecule has 1 saturated heterocycles. The summed E-state index contributed by atoms with van der Waals surface area (Å²) in [6.45, 7) is 7.17. The van der Waals surface area contributed by atoms with Crippen LogP contribution in [0.2, 0.25) is 0 Å². The molecular formula is C13H28N4. The Morgan fingerprint density at radius 2 is 1.76 bits per heavy atom. The summed E-state index contributed by atoms with van der Waals surface area (Å²) in [6, 6.07) is 0. The predicted octanol–water partition coefficient (Wildman–Crippen LogP) is 1.57. The maximum Gasteiger partial charge on any atom is 0.191 e. The first-order valence-electron chi connectivity index (χ1n) is 7.10. The van der Waals surface area contributed by atoms with E-state index >= 15 is 0 Å². The van der Waals surface area contributed by atoms with Crippen molar-refractivity contribution in [2.24, 2.45) is 10.7 Å². The van der Waals surface area contributed by atoms with Crippen LogP contribution in [0.1, 0.15) is 45.4 Å². The van der Waals surface area contributed by atoms with Gasteiger partial charge in [0.25, 0.3) is 0 Å². The molecule has 1 fully saturated rings. The monoisotopic (exact) mass is 240 g/mol. The minimum Gasteiger partial charge on any atom is -0.370 e. The summed E-state index contributed by atoms with van der Waals surface area (Å²) in [6.07, 6.45) is 7.86. The Balaban J connectivity index is 2.02. The maximum absolute atomic E-state index is 5.96. The number of nitrogens with zero attached hydrogens (tertiary/aromatic N) is 2. The van der Waals surface area contributed by atoms with Crippen LogP contribution < -0.4 is 11.1 Å². The standard InChI is InChI=1S/C13H28N4/c1-2-3-4-5-6-7-8-16-13(14)17-11-9-15-10-12-17/h15H,2-12H2,1H3,(H2,14,16). The summed E-state index contributed by atoms with van der Waals surface area (Å²) in [5, 5.41) is 3.31. The molecule has 4 heteroatoms. The molecule has 0 aromatic rings. The fourth-order valence-electron chi connectivity index (χ4n) is 2.08. The third-order valence-electron chi connectivity index (χ3n) is 3.23. The summed E-state index contributed by atoms with van der Waals surface area (Å²) in [5.74, 6) is 0.736. The molecule has 17 heavy (non-hydrogen) atoms. The fraction of sp³-hybridized carbons (Fsp3) is 0.923. The van der Waals surface area contributed by atoms with E-state index in [9.17, 15) is 0 Å². The summed E-state index contributed by atoms with van der Waals surface area (Å²) >= 11 is 0. The molecule has 3 N–H and O–H groups in total. The van der Waals surface area contributed by atoms with E-state index in [0.29, 0.717) is 0 Å². The van der Waals surface area contributed by atoms with Gasteiger partial charge in [0.15, 0.2) is 5.96 Å². The van der Waals surface area contributed by atoms with Crippen LogP contribution >= 0.6 is 0 Å². The third-order valence-corrected chi connectivity index (χ3v) is 3.23.